The van der Waals surface area contributed by atoms with Crippen LogP contribution >= 0.6 is 46.8 Å². The van der Waals surface area contributed by atoms with E-state index in [1.54, 1.807) is 0 Å². The first kappa shape index (κ1) is 15.7. The van der Waals surface area contributed by atoms with E-state index >= 15 is 0 Å². The molecule has 0 saturated heterocycles. The summed E-state index contributed by atoms with van der Waals surface area (Å²) in [6.45, 7) is 0. The van der Waals surface area contributed by atoms with Crippen LogP contribution in [0.25, 0.3) is 0 Å². The van der Waals surface area contributed by atoms with Gasteiger partial charge in [0.2, 0.25) is 0 Å². The first-order valence-corrected chi connectivity index (χ1v) is 1.90. The molecule has 0 aromatic carbocycles. The molecule has 0 aromatic rings. The zero-order valence-corrected chi connectivity index (χ0v) is 8.41. The highest BCUT2D eigenvalue weighted by Gasteiger charge is 1.45. The number of hydrogen-bond acceptors (Lipinski definition) is 3. The molecule has 0 fully saturated rings. The number of hydrogen-bond donors (Lipinski definition) is 2. The van der Waals surface area contributed by atoms with Gasteiger partial charge in [-0.3, -0.25) is 0 Å². The number of rotatable bonds is 1. The Morgan fingerprint density at radius 1 is 1.57 bits per heavy atom. The maximum absolute atomic E-state index is 4.33. The third kappa shape index (κ3) is 18.8. The van der Waals surface area contributed by atoms with E-state index in [4.69, 9.17) is 0 Å². The molecule has 0 spiro atoms. The van der Waals surface area contributed by atoms with Gasteiger partial charge in [0.15, 0.2) is 6.34 Å². The van der Waals surface area contributed by atoms with Gasteiger partial charge < -0.3 is 17.5 Å². The molecule has 0 rings (SSSR count). The molecule has 0 heterocycles. The van der Waals surface area contributed by atoms with Gasteiger partial charge in [-0.2, -0.15) is 4.40 Å². The van der Waals surface area contributed by atoms with Gasteiger partial charge in [0.1, 0.15) is 0 Å². The molecule has 2 N–H and O–H groups in total. The summed E-state index contributed by atoms with van der Waals surface area (Å²) in [6.07, 6.45) is 1.43. The van der Waals surface area contributed by atoms with Crippen LogP contribution in [0.3, 0.4) is 0 Å². The van der Waals surface area contributed by atoms with Gasteiger partial charge in [-0.1, -0.05) is 0 Å². The van der Waals surface area contributed by atoms with Crippen LogP contribution in [-0.2, 0) is 12.8 Å². The number of halogens is 2. The van der Waals surface area contributed by atoms with Crippen molar-refractivity contribution < 1.29 is 4.72 Å². The van der Waals surface area contributed by atoms with Crippen LogP contribution in [0.4, 0.5) is 0 Å². The first-order chi connectivity index (χ1) is 2.41. The van der Waals surface area contributed by atoms with E-state index in [0.29, 0.717) is 0 Å². The van der Waals surface area contributed by atoms with Crippen molar-refractivity contribution in [3.05, 3.63) is 0 Å². The van der Waals surface area contributed by atoms with Gasteiger partial charge in [0.25, 0.3) is 0 Å². The molecular formula is CH6Br2N2S2. The van der Waals surface area contributed by atoms with Crippen LogP contribution in [0.2, 0.25) is 0 Å². The second-order valence-electron chi connectivity index (χ2n) is 0.401. The zero-order valence-electron chi connectivity index (χ0n) is 3.27. The van der Waals surface area contributed by atoms with Crippen molar-refractivity contribution in [2.24, 2.45) is 4.40 Å². The predicted molar refractivity (Wildman–Crippen MR) is 47.4 cm³/mol. The van der Waals surface area contributed by atoms with Gasteiger partial charge in [-0.25, -0.2) is 0 Å². The van der Waals surface area contributed by atoms with E-state index in [9.17, 15) is 0 Å². The lowest BCUT2D eigenvalue weighted by Gasteiger charge is -1.82. The monoisotopic (exact) mass is 268 g/mol. The summed E-state index contributed by atoms with van der Waals surface area (Å²) in [4.78, 5) is 0. The van der Waals surface area contributed by atoms with E-state index in [-0.39, 0.29) is 34.0 Å². The summed E-state index contributed by atoms with van der Waals surface area (Å²) in [7, 11) is 0. The Balaban J connectivity index is -0.0000000800. The molecule has 0 aliphatic rings. The molecular weight excluding hydrogens is 264 g/mol. The van der Waals surface area contributed by atoms with Crippen LogP contribution in [-0.4, -0.2) is 6.34 Å². The first-order valence-electron chi connectivity index (χ1n) is 1.03. The molecule has 2 nitrogen and oxygen atoms in total. The van der Waals surface area contributed by atoms with Crippen molar-refractivity contribution in [2.75, 3.05) is 0 Å². The zero-order chi connectivity index (χ0) is 4.12. The van der Waals surface area contributed by atoms with Crippen molar-refractivity contribution in [2.45, 2.75) is 0 Å². The van der Waals surface area contributed by atoms with Crippen molar-refractivity contribution in [1.82, 2.24) is 0 Å². The molecule has 7 heavy (non-hydrogen) atoms. The Labute approximate surface area is 74.8 Å². The summed E-state index contributed by atoms with van der Waals surface area (Å²) in [5.41, 5.74) is 0. The van der Waals surface area contributed by atoms with Crippen molar-refractivity contribution in [3.8, 4) is 0 Å². The lowest BCUT2D eigenvalue weighted by atomic mass is 11.4. The molecule has 0 radical (unpaired) electrons. The van der Waals surface area contributed by atoms with Crippen LogP contribution in [0, 0.1) is 0 Å². The fraction of sp³-hybridized carbons (Fsp3) is 0. The average molecular weight is 270 g/mol. The molecule has 0 aromatic heterocycles. The number of quaternary nitrogens is 1. The third-order valence-electron chi connectivity index (χ3n) is 0.128. The molecule has 6 heteroatoms. The van der Waals surface area contributed by atoms with E-state index in [1.807, 2.05) is 0 Å². The Hall–Kier alpha value is 1.29. The highest BCUT2D eigenvalue weighted by molar-refractivity contribution is 8.93. The molecule has 0 unspecified atom stereocenters. The highest BCUT2D eigenvalue weighted by atomic mass is 79.9. The van der Waals surface area contributed by atoms with E-state index in [0.717, 1.165) is 0 Å². The van der Waals surface area contributed by atoms with Crippen molar-refractivity contribution in [3.63, 3.8) is 0 Å². The second-order valence-corrected chi connectivity index (χ2v) is 0.904. The lowest BCUT2D eigenvalue weighted by molar-refractivity contribution is -0.324. The normalized spacial score (nSPS) is 7.14. The smallest absolute Gasteiger partial charge is 0.175 e. The van der Waals surface area contributed by atoms with E-state index in [2.05, 4.69) is 30.0 Å². The maximum Gasteiger partial charge on any atom is 0.175 e. The van der Waals surface area contributed by atoms with Crippen molar-refractivity contribution >= 4 is 65.9 Å². The van der Waals surface area contributed by atoms with Crippen LogP contribution < -0.4 is 4.72 Å². The second kappa shape index (κ2) is 15.7. The fourth-order valence-electron chi connectivity index (χ4n) is 0.0272. The predicted octanol–water partition coefficient (Wildman–Crippen LogP) is 0.0406. The summed E-state index contributed by atoms with van der Waals surface area (Å²) in [5, 5.41) is 0. The largest absolute Gasteiger partial charge is 0.491 e. The minimum atomic E-state index is 0. The Morgan fingerprint density at radius 2 is 2.00 bits per heavy atom. The minimum absolute atomic E-state index is 0. The molecule has 0 bridgehead atoms. The Morgan fingerprint density at radius 3 is 2.00 bits per heavy atom. The molecule has 0 saturated carbocycles. The molecule has 0 aliphatic heterocycles. The molecule has 46 valence electrons. The lowest BCUT2D eigenvalue weighted by Crippen LogP contribution is -2.75. The van der Waals surface area contributed by atoms with Gasteiger partial charge in [-0.15, -0.1) is 34.0 Å². The van der Waals surface area contributed by atoms with E-state index in [1.165, 1.54) is 11.1 Å². The summed E-state index contributed by atoms with van der Waals surface area (Å²) < 4.78 is 4.66. The van der Waals surface area contributed by atoms with Gasteiger partial charge in [-0.05, 0) is 12.8 Å². The topological polar surface area (TPSA) is 29.0 Å². The quantitative estimate of drug-likeness (QED) is 0.299. The van der Waals surface area contributed by atoms with Crippen LogP contribution in [0.15, 0.2) is 4.40 Å². The van der Waals surface area contributed by atoms with Crippen molar-refractivity contribution in [1.29, 1.82) is 0 Å². The van der Waals surface area contributed by atoms with Crippen LogP contribution in [0.5, 0.6) is 0 Å². The SMILES string of the molecule is Br.Br.[S-][NH2+]/C=N/S. The summed E-state index contributed by atoms with van der Waals surface area (Å²) in [5.74, 6) is 0. The van der Waals surface area contributed by atoms with E-state index < -0.39 is 0 Å². The van der Waals surface area contributed by atoms with Gasteiger partial charge in [0, 0.05) is 0 Å². The van der Waals surface area contributed by atoms with Gasteiger partial charge >= 0.3 is 0 Å². The van der Waals surface area contributed by atoms with Crippen LogP contribution in [0.1, 0.15) is 0 Å². The summed E-state index contributed by atoms with van der Waals surface area (Å²) >= 11 is 7.80. The standard InChI is InChI=1S/CH4N2S2.2BrH/c4-2-1-3-5;;/h1,5H,2H2;2*1H/b3-1+;;. The number of thiol groups is 1. The third-order valence-corrected chi connectivity index (χ3v) is 0.383. The molecule has 0 amide bonds. The fourth-order valence-corrected chi connectivity index (χ4v) is 0.245. The average Bonchev–Trinajstić information content (AvgIpc) is 1.41. The highest BCUT2D eigenvalue weighted by Crippen LogP contribution is 1.58. The van der Waals surface area contributed by atoms with Gasteiger partial charge in [0.05, 0.1) is 0 Å². The molecule has 0 aliphatic carbocycles. The Bertz CT molecular complexity index is 40.7. The minimum Gasteiger partial charge on any atom is -0.491 e. The maximum atomic E-state index is 4.33. The number of nitrogens with two attached hydrogens (primary N) is 1. The summed E-state index contributed by atoms with van der Waals surface area (Å²) in [6, 6.07) is 0. The molecule has 0 atom stereocenters. The number of nitrogens with zero attached hydrogens (tertiary/aromatic N) is 1. The Kier molecular flexibility index (Phi) is 35.2.